The van der Waals surface area contributed by atoms with Gasteiger partial charge in [-0.25, -0.2) is 9.79 Å². The minimum atomic E-state index is -0.794. The van der Waals surface area contributed by atoms with Gasteiger partial charge < -0.3 is 23.7 Å². The van der Waals surface area contributed by atoms with Gasteiger partial charge in [-0.05, 0) is 116 Å². The molecule has 0 saturated carbocycles. The number of hydrogen-bond acceptors (Lipinski definition) is 9. The third-order valence-corrected chi connectivity index (χ3v) is 9.62. The second kappa shape index (κ2) is 15.7. The Morgan fingerprint density at radius 1 is 1.04 bits per heavy atom. The minimum Gasteiger partial charge on any atom is -0.493 e. The molecule has 0 fully saturated rings. The van der Waals surface area contributed by atoms with E-state index in [1.807, 2.05) is 69.3 Å². The van der Waals surface area contributed by atoms with Crippen LogP contribution < -0.4 is 33.8 Å². The van der Waals surface area contributed by atoms with Crippen molar-refractivity contribution in [3.05, 3.63) is 110 Å². The number of aromatic nitrogens is 1. The summed E-state index contributed by atoms with van der Waals surface area (Å²) < 4.78 is 33.1. The predicted octanol–water partition coefficient (Wildman–Crippen LogP) is 6.94. The summed E-state index contributed by atoms with van der Waals surface area (Å²) in [5.41, 5.74) is 2.92. The summed E-state index contributed by atoms with van der Waals surface area (Å²) in [5, 5.41) is 0. The number of carbonyl (C=O) groups is 1. The number of benzene rings is 3. The molecule has 9 nitrogen and oxygen atoms in total. The summed E-state index contributed by atoms with van der Waals surface area (Å²) in [6.45, 7) is 10.3. The van der Waals surface area contributed by atoms with Crippen LogP contribution >= 0.6 is 49.9 Å². The van der Waals surface area contributed by atoms with Gasteiger partial charge in [0.05, 0.1) is 51.8 Å². The second-order valence-corrected chi connectivity index (χ2v) is 14.1. The Kier molecular flexibility index (Phi) is 11.7. The molecule has 4 aromatic rings. The summed E-state index contributed by atoms with van der Waals surface area (Å²) in [5.74, 6) is 1.73. The first-order chi connectivity index (χ1) is 23.0. The number of ether oxygens (including phenoxy) is 5. The van der Waals surface area contributed by atoms with Crippen molar-refractivity contribution in [1.82, 2.24) is 4.57 Å². The van der Waals surface area contributed by atoms with E-state index >= 15 is 0 Å². The molecule has 48 heavy (non-hydrogen) atoms. The van der Waals surface area contributed by atoms with Crippen molar-refractivity contribution in [3.63, 3.8) is 0 Å². The fourth-order valence-corrected chi connectivity index (χ4v) is 7.37. The van der Waals surface area contributed by atoms with Gasteiger partial charge in [0, 0.05) is 4.47 Å². The third-order valence-electron chi connectivity index (χ3n) is 7.31. The Hall–Kier alpha value is -3.62. The molecule has 5 rings (SSSR count). The molecule has 0 aliphatic carbocycles. The summed E-state index contributed by atoms with van der Waals surface area (Å²) in [7, 11) is 1.56. The molecular formula is C36H36BrIN2O7S. The molecule has 2 heterocycles. The molecule has 0 radical (unpaired) electrons. The Balaban J connectivity index is 1.60. The Labute approximate surface area is 305 Å². The van der Waals surface area contributed by atoms with Crippen LogP contribution in [0.3, 0.4) is 0 Å². The van der Waals surface area contributed by atoms with Crippen LogP contribution in [0.5, 0.6) is 23.0 Å². The number of thiazole rings is 1. The van der Waals surface area contributed by atoms with Crippen molar-refractivity contribution in [2.45, 2.75) is 53.4 Å². The van der Waals surface area contributed by atoms with Crippen molar-refractivity contribution in [1.29, 1.82) is 0 Å². The van der Waals surface area contributed by atoms with Crippen molar-refractivity contribution < 1.29 is 28.5 Å². The molecule has 1 aliphatic heterocycles. The monoisotopic (exact) mass is 846 g/mol. The van der Waals surface area contributed by atoms with Gasteiger partial charge in [0.25, 0.3) is 5.56 Å². The molecule has 1 atom stereocenters. The van der Waals surface area contributed by atoms with Gasteiger partial charge in [0.1, 0.15) is 6.61 Å². The largest absolute Gasteiger partial charge is 0.493 e. The van der Waals surface area contributed by atoms with Crippen LogP contribution in [0.2, 0.25) is 0 Å². The number of esters is 1. The van der Waals surface area contributed by atoms with Gasteiger partial charge in [0.15, 0.2) is 27.8 Å². The molecule has 1 aromatic heterocycles. The molecule has 0 unspecified atom stereocenters. The lowest BCUT2D eigenvalue weighted by Gasteiger charge is -2.25. The van der Waals surface area contributed by atoms with Gasteiger partial charge in [0.2, 0.25) is 0 Å². The van der Waals surface area contributed by atoms with Crippen molar-refractivity contribution in [3.8, 4) is 23.0 Å². The molecule has 0 saturated heterocycles. The summed E-state index contributed by atoms with van der Waals surface area (Å²) in [4.78, 5) is 32.8. The molecule has 0 amide bonds. The number of carbonyl (C=O) groups excluding carboxylic acids is 1. The van der Waals surface area contributed by atoms with Crippen LogP contribution in [0.25, 0.3) is 6.08 Å². The fraction of sp³-hybridized carbons (Fsp3) is 0.306. The summed E-state index contributed by atoms with van der Waals surface area (Å²) in [6, 6.07) is 16.4. The highest BCUT2D eigenvalue weighted by Crippen LogP contribution is 2.37. The molecule has 3 aromatic carbocycles. The van der Waals surface area contributed by atoms with Gasteiger partial charge in [-0.1, -0.05) is 45.5 Å². The van der Waals surface area contributed by atoms with Gasteiger partial charge in [-0.15, -0.1) is 0 Å². The van der Waals surface area contributed by atoms with E-state index in [-0.39, 0.29) is 23.8 Å². The molecule has 1 aliphatic rings. The maximum atomic E-state index is 14.2. The fourth-order valence-electron chi connectivity index (χ4n) is 5.27. The topological polar surface area (TPSA) is 97.6 Å². The quantitative estimate of drug-likeness (QED) is 0.113. The molecule has 0 N–H and O–H groups in total. The van der Waals surface area contributed by atoms with Crippen LogP contribution in [-0.2, 0) is 16.1 Å². The van der Waals surface area contributed by atoms with E-state index in [1.165, 1.54) is 11.3 Å². The number of rotatable bonds is 12. The Morgan fingerprint density at radius 3 is 2.46 bits per heavy atom. The number of allylic oxidation sites excluding steroid dienone is 1. The lowest BCUT2D eigenvalue weighted by molar-refractivity contribution is -0.139. The number of fused-ring (bicyclic) bond motifs is 1. The van der Waals surface area contributed by atoms with Crippen LogP contribution in [0.15, 0.2) is 80.1 Å². The second-order valence-electron chi connectivity index (χ2n) is 11.1. The van der Waals surface area contributed by atoms with Crippen molar-refractivity contribution in [2.24, 2.45) is 4.99 Å². The van der Waals surface area contributed by atoms with Crippen LogP contribution in [0.4, 0.5) is 0 Å². The minimum absolute atomic E-state index is 0.0712. The standard InChI is InChI=1S/C36H36BrIN2O7S/c1-7-44-29-16-23(15-26(38)33(29)46-19-22-9-12-25(37)13-10-22)17-30-34(41)40-32(24-11-14-27(47-20(3)4)28(18-24)43-6)31(35(42)45-8-2)21(5)39-36(40)48-30/h9-18,20,32H,7-8,19H2,1-6H3/b30-17-/t32-/m1/s1. The van der Waals surface area contributed by atoms with Gasteiger partial charge in [-0.2, -0.15) is 0 Å². The van der Waals surface area contributed by atoms with E-state index in [1.54, 1.807) is 37.7 Å². The average molecular weight is 848 g/mol. The molecule has 252 valence electrons. The van der Waals surface area contributed by atoms with Crippen molar-refractivity contribution in [2.75, 3.05) is 20.3 Å². The van der Waals surface area contributed by atoms with E-state index in [4.69, 9.17) is 28.7 Å². The first kappa shape index (κ1) is 35.7. The SMILES string of the molecule is CCOC(=O)C1=C(C)N=c2s/c(=C\c3cc(I)c(OCc4ccc(Br)cc4)c(OCC)c3)c(=O)n2[C@@H]1c1ccc(OC(C)C)c(OC)c1. The molecule has 12 heteroatoms. The highest BCUT2D eigenvalue weighted by Gasteiger charge is 2.34. The third kappa shape index (κ3) is 7.81. The first-order valence-electron chi connectivity index (χ1n) is 15.4. The summed E-state index contributed by atoms with van der Waals surface area (Å²) >= 11 is 6.94. The zero-order valence-corrected chi connectivity index (χ0v) is 32.0. The average Bonchev–Trinajstić information content (AvgIpc) is 3.34. The molecule has 0 spiro atoms. The molecular weight excluding hydrogens is 811 g/mol. The first-order valence-corrected chi connectivity index (χ1v) is 18.1. The predicted molar refractivity (Wildman–Crippen MR) is 198 cm³/mol. The van der Waals surface area contributed by atoms with E-state index < -0.39 is 12.0 Å². The lowest BCUT2D eigenvalue weighted by atomic mass is 9.95. The van der Waals surface area contributed by atoms with Crippen molar-refractivity contribution >= 4 is 61.9 Å². The van der Waals surface area contributed by atoms with E-state index in [9.17, 15) is 9.59 Å². The van der Waals surface area contributed by atoms with Crippen LogP contribution in [0, 0.1) is 3.57 Å². The van der Waals surface area contributed by atoms with E-state index in [0.29, 0.717) is 56.8 Å². The number of halogens is 2. The summed E-state index contributed by atoms with van der Waals surface area (Å²) in [6.07, 6.45) is 1.74. The zero-order valence-electron chi connectivity index (χ0n) is 27.5. The lowest BCUT2D eigenvalue weighted by Crippen LogP contribution is -2.40. The van der Waals surface area contributed by atoms with E-state index in [0.717, 1.165) is 19.2 Å². The van der Waals surface area contributed by atoms with E-state index in [2.05, 4.69) is 38.5 Å². The maximum Gasteiger partial charge on any atom is 0.338 e. The number of hydrogen-bond donors (Lipinski definition) is 0. The number of nitrogens with zero attached hydrogens (tertiary/aromatic N) is 2. The Bertz CT molecular complexity index is 2040. The molecule has 0 bridgehead atoms. The van der Waals surface area contributed by atoms with Gasteiger partial charge >= 0.3 is 5.97 Å². The van der Waals surface area contributed by atoms with Crippen LogP contribution in [0.1, 0.15) is 57.4 Å². The highest BCUT2D eigenvalue weighted by molar-refractivity contribution is 14.1. The number of methoxy groups -OCH3 is 1. The smallest absolute Gasteiger partial charge is 0.338 e. The highest BCUT2D eigenvalue weighted by atomic mass is 127. The maximum absolute atomic E-state index is 14.2. The van der Waals surface area contributed by atoms with Gasteiger partial charge in [-0.3, -0.25) is 9.36 Å². The zero-order chi connectivity index (χ0) is 34.5. The Morgan fingerprint density at radius 2 is 1.79 bits per heavy atom. The van der Waals surface area contributed by atoms with Crippen LogP contribution in [-0.4, -0.2) is 37.0 Å². The normalized spacial score (nSPS) is 14.4.